The molecule has 35 heavy (non-hydrogen) atoms. The first-order valence-corrected chi connectivity index (χ1v) is 10.6. The molecule has 1 aliphatic rings. The van der Waals surface area contributed by atoms with Gasteiger partial charge in [0.15, 0.2) is 11.9 Å². The molecule has 0 saturated carbocycles. The van der Waals surface area contributed by atoms with E-state index >= 15 is 0 Å². The Morgan fingerprint density at radius 1 is 1.29 bits per heavy atom. The Bertz CT molecular complexity index is 1110. The van der Waals surface area contributed by atoms with E-state index in [1.165, 1.54) is 7.11 Å². The number of amidine groups is 1. The number of likely N-dealkylation sites (tertiary alicyclic amines) is 1. The van der Waals surface area contributed by atoms with Gasteiger partial charge in [0, 0.05) is 23.7 Å². The molecule has 0 aromatic heterocycles. The lowest BCUT2D eigenvalue weighted by Gasteiger charge is -2.40. The summed E-state index contributed by atoms with van der Waals surface area (Å²) in [4.78, 5) is 31.1. The number of carbonyl (C=O) groups excluding carboxylic acids is 2. The van der Waals surface area contributed by atoms with Crippen molar-refractivity contribution in [2.45, 2.75) is 31.5 Å². The summed E-state index contributed by atoms with van der Waals surface area (Å²) in [7, 11) is 1.37. The number of nitrogens with zero attached hydrogens (tertiary/aromatic N) is 2. The van der Waals surface area contributed by atoms with Gasteiger partial charge in [0.05, 0.1) is 0 Å². The Kier molecular flexibility index (Phi) is 8.07. The van der Waals surface area contributed by atoms with E-state index < -0.39 is 36.1 Å². The molecule has 9 nitrogen and oxygen atoms in total. The lowest BCUT2D eigenvalue weighted by molar-refractivity contribution is -0.274. The molecule has 1 saturated heterocycles. The Morgan fingerprint density at radius 2 is 1.97 bits per heavy atom. The molecule has 0 radical (unpaired) electrons. The molecule has 0 aliphatic carbocycles. The minimum Gasteiger partial charge on any atom is -0.406 e. The van der Waals surface area contributed by atoms with Crippen molar-refractivity contribution in [3.63, 3.8) is 0 Å². The normalized spacial score (nSPS) is 16.8. The van der Waals surface area contributed by atoms with Crippen LogP contribution in [0.1, 0.15) is 29.2 Å². The maximum atomic E-state index is 12.7. The number of benzene rings is 2. The molecule has 2 amide bonds. The first-order chi connectivity index (χ1) is 16.5. The zero-order valence-corrected chi connectivity index (χ0v) is 19.1. The number of nitrogens with one attached hydrogen (secondary N) is 1. The fourth-order valence-corrected chi connectivity index (χ4v) is 3.64. The number of alkyl halides is 3. The van der Waals surface area contributed by atoms with Crippen LogP contribution in [0.25, 0.3) is 0 Å². The average molecular weight is 515 g/mol. The highest BCUT2D eigenvalue weighted by Crippen LogP contribution is 2.31. The molecule has 1 aliphatic heterocycles. The molecule has 188 valence electrons. The van der Waals surface area contributed by atoms with E-state index in [-0.39, 0.29) is 29.5 Å². The SMILES string of the molecule is CO/N=C(/N)c1ccc(CNC(=O)C2CCN2C(=O)C(O)c2cc(Cl)cc(OC(F)(F)F)c2)cc1. The van der Waals surface area contributed by atoms with Crippen LogP contribution in [-0.4, -0.2) is 53.7 Å². The topological polar surface area (TPSA) is 126 Å². The van der Waals surface area contributed by atoms with Crippen LogP contribution in [0.4, 0.5) is 13.2 Å². The number of halogens is 4. The van der Waals surface area contributed by atoms with E-state index in [0.29, 0.717) is 12.0 Å². The van der Waals surface area contributed by atoms with Crippen LogP contribution in [0, 0.1) is 0 Å². The van der Waals surface area contributed by atoms with Gasteiger partial charge in [0.1, 0.15) is 18.9 Å². The second kappa shape index (κ2) is 10.8. The van der Waals surface area contributed by atoms with Crippen molar-refractivity contribution >= 4 is 29.3 Å². The van der Waals surface area contributed by atoms with Crippen molar-refractivity contribution in [3.05, 3.63) is 64.2 Å². The first kappa shape index (κ1) is 26.1. The molecular weight excluding hydrogens is 493 g/mol. The number of carbonyl (C=O) groups is 2. The number of rotatable bonds is 8. The number of ether oxygens (including phenoxy) is 1. The lowest BCUT2D eigenvalue weighted by atomic mass is 9.98. The maximum Gasteiger partial charge on any atom is 0.573 e. The number of hydrogen-bond donors (Lipinski definition) is 3. The van der Waals surface area contributed by atoms with E-state index in [4.69, 9.17) is 17.3 Å². The Labute approximate surface area is 203 Å². The molecule has 1 heterocycles. The number of aliphatic hydroxyl groups excluding tert-OH is 1. The molecule has 4 N–H and O–H groups in total. The minimum atomic E-state index is -4.97. The van der Waals surface area contributed by atoms with Crippen LogP contribution >= 0.6 is 11.6 Å². The van der Waals surface area contributed by atoms with Crippen LogP contribution in [0.15, 0.2) is 47.6 Å². The van der Waals surface area contributed by atoms with Gasteiger partial charge in [-0.3, -0.25) is 9.59 Å². The quantitative estimate of drug-likeness (QED) is 0.282. The summed E-state index contributed by atoms with van der Waals surface area (Å²) >= 11 is 5.81. The van der Waals surface area contributed by atoms with Gasteiger partial charge in [0.2, 0.25) is 5.91 Å². The van der Waals surface area contributed by atoms with Crippen LogP contribution in [0.5, 0.6) is 5.75 Å². The highest BCUT2D eigenvalue weighted by molar-refractivity contribution is 6.30. The zero-order chi connectivity index (χ0) is 25.8. The minimum absolute atomic E-state index is 0.159. The van der Waals surface area contributed by atoms with E-state index in [9.17, 15) is 27.9 Å². The third-order valence-corrected chi connectivity index (χ3v) is 5.41. The summed E-state index contributed by atoms with van der Waals surface area (Å²) in [5.74, 6) is -1.75. The number of amides is 2. The van der Waals surface area contributed by atoms with Gasteiger partial charge >= 0.3 is 6.36 Å². The number of hydrogen-bond acceptors (Lipinski definition) is 6. The standard InChI is InChI=1S/C22H22ClF3N4O5/c1-34-29-19(27)13-4-2-12(3-5-13)11-28-20(32)17-6-7-30(17)21(33)18(31)14-8-15(23)10-16(9-14)35-22(24,25)26/h2-5,8-10,17-18,31H,6-7,11H2,1H3,(H2,27,29)(H,28,32). The average Bonchev–Trinajstić information content (AvgIpc) is 2.75. The van der Waals surface area contributed by atoms with E-state index in [2.05, 4.69) is 20.0 Å². The van der Waals surface area contributed by atoms with Crippen LogP contribution in [0.2, 0.25) is 5.02 Å². The van der Waals surface area contributed by atoms with E-state index in [1.54, 1.807) is 24.3 Å². The fourth-order valence-electron chi connectivity index (χ4n) is 3.41. The maximum absolute atomic E-state index is 12.7. The summed E-state index contributed by atoms with van der Waals surface area (Å²) in [5.41, 5.74) is 6.94. The van der Waals surface area contributed by atoms with Crippen molar-refractivity contribution in [2.75, 3.05) is 13.7 Å². The van der Waals surface area contributed by atoms with Crippen molar-refractivity contribution in [3.8, 4) is 5.75 Å². The van der Waals surface area contributed by atoms with Gasteiger partial charge in [0.25, 0.3) is 5.91 Å². The van der Waals surface area contributed by atoms with Crippen LogP contribution < -0.4 is 15.8 Å². The monoisotopic (exact) mass is 514 g/mol. The highest BCUT2D eigenvalue weighted by atomic mass is 35.5. The second-order valence-corrected chi connectivity index (χ2v) is 8.02. The number of nitrogens with two attached hydrogens (primary N) is 1. The van der Waals surface area contributed by atoms with Gasteiger partial charge in [-0.05, 0) is 35.7 Å². The van der Waals surface area contributed by atoms with Gasteiger partial charge in [-0.1, -0.05) is 41.0 Å². The van der Waals surface area contributed by atoms with Gasteiger partial charge in [-0.2, -0.15) is 0 Å². The number of aliphatic hydroxyl groups is 1. The predicted octanol–water partition coefficient (Wildman–Crippen LogP) is 2.46. The first-order valence-electron chi connectivity index (χ1n) is 10.3. The summed E-state index contributed by atoms with van der Waals surface area (Å²) in [6, 6.07) is 8.97. The lowest BCUT2D eigenvalue weighted by Crippen LogP contribution is -2.59. The van der Waals surface area contributed by atoms with Crippen LogP contribution in [-0.2, 0) is 21.0 Å². The van der Waals surface area contributed by atoms with Crippen molar-refractivity contribution in [1.82, 2.24) is 10.2 Å². The van der Waals surface area contributed by atoms with Crippen molar-refractivity contribution in [2.24, 2.45) is 10.9 Å². The molecule has 2 aromatic carbocycles. The molecule has 13 heteroatoms. The molecule has 3 rings (SSSR count). The molecule has 0 bridgehead atoms. The van der Waals surface area contributed by atoms with Crippen molar-refractivity contribution in [1.29, 1.82) is 0 Å². The third-order valence-electron chi connectivity index (χ3n) is 5.19. The molecular formula is C22H22ClF3N4O5. The zero-order valence-electron chi connectivity index (χ0n) is 18.4. The predicted molar refractivity (Wildman–Crippen MR) is 119 cm³/mol. The summed E-state index contributed by atoms with van der Waals surface area (Å²) < 4.78 is 41.4. The largest absolute Gasteiger partial charge is 0.573 e. The Balaban J connectivity index is 1.60. The van der Waals surface area contributed by atoms with Crippen molar-refractivity contribution < 1.29 is 37.4 Å². The fraction of sp³-hybridized carbons (Fsp3) is 0.318. The van der Waals surface area contributed by atoms with Gasteiger partial charge in [-0.15, -0.1) is 13.2 Å². The Morgan fingerprint density at radius 3 is 2.54 bits per heavy atom. The summed E-state index contributed by atoms with van der Waals surface area (Å²) in [6.45, 7) is 0.376. The second-order valence-electron chi connectivity index (χ2n) is 7.58. The third kappa shape index (κ3) is 6.76. The Hall–Kier alpha value is -3.51. The number of oxime groups is 1. The van der Waals surface area contributed by atoms with Crippen LogP contribution in [0.3, 0.4) is 0 Å². The summed E-state index contributed by atoms with van der Waals surface area (Å²) in [6.07, 6.45) is -6.43. The molecule has 2 unspecified atom stereocenters. The van der Waals surface area contributed by atoms with E-state index in [0.717, 1.165) is 28.7 Å². The molecule has 2 aromatic rings. The molecule has 2 atom stereocenters. The van der Waals surface area contributed by atoms with Gasteiger partial charge < -0.3 is 30.6 Å². The van der Waals surface area contributed by atoms with Gasteiger partial charge in [-0.25, -0.2) is 0 Å². The summed E-state index contributed by atoms with van der Waals surface area (Å²) in [5, 5.41) is 16.6. The highest BCUT2D eigenvalue weighted by Gasteiger charge is 2.40. The smallest absolute Gasteiger partial charge is 0.406 e. The molecule has 1 fully saturated rings. The molecule has 0 spiro atoms. The van der Waals surface area contributed by atoms with E-state index in [1.807, 2.05) is 0 Å².